The second kappa shape index (κ2) is 56.3. The first kappa shape index (κ1) is 78.8. The van der Waals surface area contributed by atoms with E-state index in [2.05, 4.69) is 67.1 Å². The zero-order valence-corrected chi connectivity index (χ0v) is 57.9. The zero-order chi connectivity index (χ0) is 63.7. The maximum Gasteiger partial charge on any atom is 0.306 e. The Morgan fingerprint density at radius 2 is 0.787 bits per heavy atom. The van der Waals surface area contributed by atoms with Crippen molar-refractivity contribution < 1.29 is 33.4 Å². The lowest BCUT2D eigenvalue weighted by Gasteiger charge is -2.26. The van der Waals surface area contributed by atoms with Gasteiger partial charge in [0.2, 0.25) is 5.91 Å². The number of carbonyl (C=O) groups excluding carboxylic acids is 4. The second-order valence-electron chi connectivity index (χ2n) is 25.0. The molecule has 2 aromatic heterocycles. The fourth-order valence-corrected chi connectivity index (χ4v) is 12.6. The summed E-state index contributed by atoms with van der Waals surface area (Å²) in [7, 11) is 0. The molecular formula is C76H127N5O7S. The topological polar surface area (TPSA) is 140 Å². The van der Waals surface area contributed by atoms with E-state index in [4.69, 9.17) is 24.2 Å². The SMILES string of the molecule is CCCCCC/C=C\COC(=O)CCCCCCCCN(CCCCCCCCC(=O)OC/C=C\CCCCCC)CCCN(CCCCCCCCC(=O)OC/C=C\CCCCCC)CCCCCC(=O)Nc1nc2ccccc2c2sc(CCC)nc12. The molecule has 13 heteroatoms. The number of para-hydroxylation sites is 1. The van der Waals surface area contributed by atoms with Gasteiger partial charge in [-0.25, -0.2) is 9.97 Å². The summed E-state index contributed by atoms with van der Waals surface area (Å²) in [6, 6.07) is 8.15. The third-order valence-corrected chi connectivity index (χ3v) is 18.0. The van der Waals surface area contributed by atoms with Crippen LogP contribution in [0.4, 0.5) is 5.82 Å². The van der Waals surface area contributed by atoms with E-state index in [1.54, 1.807) is 11.3 Å². The van der Waals surface area contributed by atoms with Crippen molar-refractivity contribution >= 4 is 62.1 Å². The summed E-state index contributed by atoms with van der Waals surface area (Å²) < 4.78 is 17.5. The summed E-state index contributed by atoms with van der Waals surface area (Å²) in [6.07, 6.45) is 58.6. The molecule has 1 aromatic carbocycles. The second-order valence-corrected chi connectivity index (χ2v) is 26.1. The number of carbonyl (C=O) groups is 4. The highest BCUT2D eigenvalue weighted by molar-refractivity contribution is 7.19. The molecule has 1 N–H and O–H groups in total. The molecule has 89 heavy (non-hydrogen) atoms. The maximum atomic E-state index is 13.5. The van der Waals surface area contributed by atoms with Gasteiger partial charge < -0.3 is 29.3 Å². The predicted molar refractivity (Wildman–Crippen MR) is 377 cm³/mol. The van der Waals surface area contributed by atoms with Gasteiger partial charge in [0.1, 0.15) is 25.3 Å². The quantitative estimate of drug-likeness (QED) is 0.0250. The molecule has 2 heterocycles. The number of ether oxygens (including phenoxy) is 3. The van der Waals surface area contributed by atoms with E-state index in [0.717, 1.165) is 181 Å². The van der Waals surface area contributed by atoms with Gasteiger partial charge in [0.25, 0.3) is 0 Å². The molecule has 1 amide bonds. The van der Waals surface area contributed by atoms with E-state index < -0.39 is 0 Å². The summed E-state index contributed by atoms with van der Waals surface area (Å²) in [5, 5.41) is 5.33. The number of aromatic nitrogens is 2. The molecular weight excluding hydrogens is 1130 g/mol. The Bertz CT molecular complexity index is 2280. The lowest BCUT2D eigenvalue weighted by atomic mass is 10.1. The molecule has 0 bridgehead atoms. The van der Waals surface area contributed by atoms with Crippen LogP contribution in [-0.2, 0) is 39.8 Å². The lowest BCUT2D eigenvalue weighted by molar-refractivity contribution is -0.143. The number of pyridine rings is 1. The number of aryl methyl sites for hydroxylation is 1. The van der Waals surface area contributed by atoms with Gasteiger partial charge in [-0.3, -0.25) is 19.2 Å². The molecule has 0 fully saturated rings. The number of esters is 3. The fourth-order valence-electron chi connectivity index (χ4n) is 11.4. The van der Waals surface area contributed by atoms with Gasteiger partial charge in [-0.15, -0.1) is 11.3 Å². The summed E-state index contributed by atoms with van der Waals surface area (Å²) >= 11 is 1.71. The minimum Gasteiger partial charge on any atom is -0.461 e. The Morgan fingerprint density at radius 1 is 0.416 bits per heavy atom. The first-order valence-corrected chi connectivity index (χ1v) is 37.4. The van der Waals surface area contributed by atoms with Gasteiger partial charge in [0.05, 0.1) is 15.2 Å². The average Bonchev–Trinajstić information content (AvgIpc) is 2.09. The molecule has 504 valence electrons. The van der Waals surface area contributed by atoms with Crippen molar-refractivity contribution in [2.45, 2.75) is 304 Å². The van der Waals surface area contributed by atoms with Gasteiger partial charge >= 0.3 is 17.9 Å². The van der Waals surface area contributed by atoms with Crippen LogP contribution in [0.2, 0.25) is 0 Å². The molecule has 0 aliphatic rings. The Hall–Kier alpha value is -4.46. The number of amides is 1. The normalized spacial score (nSPS) is 11.9. The van der Waals surface area contributed by atoms with Crippen LogP contribution < -0.4 is 5.32 Å². The third kappa shape index (κ3) is 42.3. The largest absolute Gasteiger partial charge is 0.461 e. The van der Waals surface area contributed by atoms with Crippen LogP contribution >= 0.6 is 11.3 Å². The molecule has 0 atom stereocenters. The summed E-state index contributed by atoms with van der Waals surface area (Å²) in [4.78, 5) is 65.7. The summed E-state index contributed by atoms with van der Waals surface area (Å²) in [5.41, 5.74) is 1.68. The number of rotatable bonds is 61. The van der Waals surface area contributed by atoms with Gasteiger partial charge in [-0.05, 0) is 154 Å². The minimum atomic E-state index is -0.0837. The molecule has 12 nitrogen and oxygen atoms in total. The summed E-state index contributed by atoms with van der Waals surface area (Å²) in [5.74, 6) is 0.338. The molecule has 3 aromatic rings. The van der Waals surface area contributed by atoms with Crippen molar-refractivity contribution in [1.29, 1.82) is 0 Å². The number of unbranched alkanes of at least 4 members (excludes halogenated alkanes) is 29. The van der Waals surface area contributed by atoms with Crippen LogP contribution in [0, 0.1) is 0 Å². The third-order valence-electron chi connectivity index (χ3n) is 16.8. The van der Waals surface area contributed by atoms with Crippen molar-refractivity contribution in [1.82, 2.24) is 19.8 Å². The highest BCUT2D eigenvalue weighted by Gasteiger charge is 2.17. The zero-order valence-electron chi connectivity index (χ0n) is 57.1. The smallest absolute Gasteiger partial charge is 0.306 e. The Morgan fingerprint density at radius 3 is 1.21 bits per heavy atom. The molecule has 3 rings (SSSR count). The van der Waals surface area contributed by atoms with E-state index in [0.29, 0.717) is 51.3 Å². The van der Waals surface area contributed by atoms with Crippen LogP contribution in [0.5, 0.6) is 0 Å². The van der Waals surface area contributed by atoms with Gasteiger partial charge in [0.15, 0.2) is 5.82 Å². The van der Waals surface area contributed by atoms with Crippen molar-refractivity contribution in [2.75, 3.05) is 64.4 Å². The highest BCUT2D eigenvalue weighted by Crippen LogP contribution is 2.34. The number of hydrogen-bond acceptors (Lipinski definition) is 12. The summed E-state index contributed by atoms with van der Waals surface area (Å²) in [6.45, 7) is 16.5. The van der Waals surface area contributed by atoms with Crippen LogP contribution in [0.25, 0.3) is 21.1 Å². The number of fused-ring (bicyclic) bond motifs is 3. The van der Waals surface area contributed by atoms with Crippen molar-refractivity contribution in [3.8, 4) is 0 Å². The molecule has 0 aliphatic heterocycles. The van der Waals surface area contributed by atoms with E-state index in [9.17, 15) is 19.2 Å². The molecule has 0 unspecified atom stereocenters. The van der Waals surface area contributed by atoms with Gasteiger partial charge in [0, 0.05) is 31.1 Å². The first-order chi connectivity index (χ1) is 43.8. The number of nitrogens with one attached hydrogen (secondary N) is 1. The molecule has 0 spiro atoms. The number of benzene rings is 1. The van der Waals surface area contributed by atoms with Crippen molar-refractivity contribution in [2.24, 2.45) is 0 Å². The highest BCUT2D eigenvalue weighted by atomic mass is 32.1. The van der Waals surface area contributed by atoms with Crippen LogP contribution in [0.1, 0.15) is 302 Å². The van der Waals surface area contributed by atoms with Crippen LogP contribution in [0.3, 0.4) is 0 Å². The number of anilines is 1. The monoisotopic (exact) mass is 1250 g/mol. The Kier molecular flexibility index (Phi) is 49.8. The Labute approximate surface area is 546 Å². The lowest BCUT2D eigenvalue weighted by Crippen LogP contribution is -2.32. The van der Waals surface area contributed by atoms with Gasteiger partial charge in [-0.1, -0.05) is 224 Å². The number of hydrogen-bond donors (Lipinski definition) is 1. The molecule has 0 radical (unpaired) electrons. The first-order valence-electron chi connectivity index (χ1n) is 36.6. The van der Waals surface area contributed by atoms with E-state index in [-0.39, 0.29) is 23.8 Å². The molecule has 0 saturated heterocycles. The minimum absolute atomic E-state index is 0.00190. The van der Waals surface area contributed by atoms with Crippen LogP contribution in [0.15, 0.2) is 60.7 Å². The maximum absolute atomic E-state index is 13.5. The number of thiazole rings is 1. The van der Waals surface area contributed by atoms with E-state index >= 15 is 0 Å². The van der Waals surface area contributed by atoms with Gasteiger partial charge in [-0.2, -0.15) is 0 Å². The Balaban J connectivity index is 1.49. The standard InChI is InChI=1S/C76H127N5O7S/c1-5-9-12-15-24-33-47-64-86-71(83)55-38-27-18-21-30-43-58-80(59-44-31-22-19-28-39-56-72(84)87-65-48-34-25-16-13-10-6-2)62-50-63-81(60-45-32-23-20-29-40-57-73(85)88-66-49-35-26-17-14-11-7-3)61-46-36-37-54-69(82)78-76-74-75(89-70(79-74)51-8-4)67-52-41-42-53-68(67)77-76/h33-35,41-42,47-49,52-53H,5-32,36-40,43-46,50-51,54-66H2,1-4H3,(H,77,78,82)/b47-33-,48-34-,49-35-. The predicted octanol–water partition coefficient (Wildman–Crippen LogP) is 20.7. The number of allylic oxidation sites excluding steroid dienone is 3. The average molecular weight is 1250 g/mol. The van der Waals surface area contributed by atoms with Crippen molar-refractivity contribution in [3.63, 3.8) is 0 Å². The van der Waals surface area contributed by atoms with Crippen molar-refractivity contribution in [3.05, 3.63) is 65.7 Å². The number of nitrogens with zero attached hydrogens (tertiary/aromatic N) is 4. The molecule has 0 aliphatic carbocycles. The van der Waals surface area contributed by atoms with Crippen LogP contribution in [-0.4, -0.2) is 103 Å². The van der Waals surface area contributed by atoms with E-state index in [1.807, 2.05) is 36.4 Å². The fraction of sp³-hybridized carbons (Fsp3) is 0.737. The molecule has 0 saturated carbocycles. The van der Waals surface area contributed by atoms with E-state index in [1.165, 1.54) is 135 Å².